The first kappa shape index (κ1) is 68.4. The van der Waals surface area contributed by atoms with Crippen molar-refractivity contribution >= 4 is 34.1 Å². The van der Waals surface area contributed by atoms with Gasteiger partial charge in [0, 0.05) is 39.4 Å². The molecule has 18 aromatic rings. The molecule has 0 fully saturated rings. The smallest absolute Gasteiger partial charge is 0.0726 e. The van der Waals surface area contributed by atoms with Gasteiger partial charge in [0.05, 0.1) is 21.9 Å². The summed E-state index contributed by atoms with van der Waals surface area (Å²) in [4.78, 5) is 4.87. The second-order valence-corrected chi connectivity index (χ2v) is 32.0. The third-order valence-electron chi connectivity index (χ3n) is 25.9. The fraction of sp³-hybridized carbons (Fsp3) is 0.0526. The Morgan fingerprint density at radius 2 is 0.457 bits per heavy atom. The van der Waals surface area contributed by atoms with Crippen molar-refractivity contribution in [3.8, 4) is 77.9 Å². The fourth-order valence-corrected chi connectivity index (χ4v) is 21.0. The van der Waals surface area contributed by atoms with Crippen LogP contribution in [0.1, 0.15) is 91.7 Å². The van der Waals surface area contributed by atoms with E-state index in [1.165, 1.54) is 161 Å². The van der Waals surface area contributed by atoms with Crippen molar-refractivity contribution in [2.24, 2.45) is 0 Å². The largest absolute Gasteiger partial charge is 0.310 e. The highest BCUT2D eigenvalue weighted by molar-refractivity contribution is 6.02. The van der Waals surface area contributed by atoms with Gasteiger partial charge in [0.15, 0.2) is 0 Å². The van der Waals surface area contributed by atoms with Gasteiger partial charge >= 0.3 is 0 Å². The topological polar surface area (TPSA) is 6.48 Å². The molecule has 5 aliphatic rings. The third-order valence-corrected chi connectivity index (χ3v) is 25.9. The molecule has 0 amide bonds. The van der Waals surface area contributed by atoms with Crippen LogP contribution in [0.15, 0.2) is 449 Å². The average molecular weight is 1480 g/mol. The van der Waals surface area contributed by atoms with E-state index in [9.17, 15) is 0 Å². The van der Waals surface area contributed by atoms with Crippen molar-refractivity contribution in [1.82, 2.24) is 0 Å². The molecule has 116 heavy (non-hydrogen) atoms. The lowest BCUT2D eigenvalue weighted by molar-refractivity contribution is 0.660. The molecule has 0 N–H and O–H groups in total. The molecule has 0 saturated carbocycles. The molecule has 1 spiro atoms. The quantitative estimate of drug-likeness (QED) is 0.120. The molecule has 546 valence electrons. The van der Waals surface area contributed by atoms with Gasteiger partial charge in [-0.25, -0.2) is 0 Å². The maximum Gasteiger partial charge on any atom is 0.0726 e. The summed E-state index contributed by atoms with van der Waals surface area (Å²) in [6, 6.07) is 167. The summed E-state index contributed by atoms with van der Waals surface area (Å²) in [6.45, 7) is 4.72. The second-order valence-electron chi connectivity index (χ2n) is 32.0. The van der Waals surface area contributed by atoms with E-state index in [1.54, 1.807) is 0 Å². The molecular formula is C114H80N2. The monoisotopic (exact) mass is 1480 g/mol. The molecule has 23 rings (SSSR count). The molecule has 2 nitrogen and oxygen atoms in total. The van der Waals surface area contributed by atoms with Crippen LogP contribution in [0.4, 0.5) is 34.1 Å². The lowest BCUT2D eigenvalue weighted by Crippen LogP contribution is -2.31. The van der Waals surface area contributed by atoms with E-state index < -0.39 is 16.2 Å². The number of nitrogens with zero attached hydrogens (tertiary/aromatic N) is 2. The molecule has 0 bridgehead atoms. The van der Waals surface area contributed by atoms with Crippen LogP contribution >= 0.6 is 0 Å². The number of hydrogen-bond donors (Lipinski definition) is 0. The molecule has 0 radical (unpaired) electrons. The summed E-state index contributed by atoms with van der Waals surface area (Å²) in [5, 5.41) is 0. The summed E-state index contributed by atoms with van der Waals surface area (Å²) in [5.74, 6) is 0. The number of rotatable bonds is 12. The Hall–Kier alpha value is -14.4. The van der Waals surface area contributed by atoms with E-state index in [2.05, 4.69) is 473 Å². The third kappa shape index (κ3) is 10.2. The van der Waals surface area contributed by atoms with E-state index in [-0.39, 0.29) is 5.41 Å². The van der Waals surface area contributed by atoms with Crippen LogP contribution in [-0.4, -0.2) is 0 Å². The Morgan fingerprint density at radius 3 is 0.931 bits per heavy atom. The number of benzene rings is 18. The van der Waals surface area contributed by atoms with Crippen LogP contribution in [0.3, 0.4) is 0 Å². The van der Waals surface area contributed by atoms with E-state index in [1.807, 2.05) is 0 Å². The average Bonchev–Trinajstić information content (AvgIpc) is 1.51. The van der Waals surface area contributed by atoms with E-state index >= 15 is 0 Å². The van der Waals surface area contributed by atoms with Gasteiger partial charge < -0.3 is 9.80 Å². The minimum atomic E-state index is -0.602. The van der Waals surface area contributed by atoms with Crippen LogP contribution < -0.4 is 9.80 Å². The minimum absolute atomic E-state index is 0.111. The van der Waals surface area contributed by atoms with E-state index in [0.29, 0.717) is 0 Å². The van der Waals surface area contributed by atoms with Crippen molar-refractivity contribution in [2.45, 2.75) is 35.5 Å². The molecule has 18 aromatic carbocycles. The zero-order valence-corrected chi connectivity index (χ0v) is 64.6. The molecule has 0 atom stereocenters. The second kappa shape index (κ2) is 27.2. The van der Waals surface area contributed by atoms with Crippen molar-refractivity contribution < 1.29 is 0 Å². The molecule has 5 aliphatic carbocycles. The maximum atomic E-state index is 2.57. The summed E-state index contributed by atoms with van der Waals surface area (Å²) < 4.78 is 0. The Kier molecular flexibility index (Phi) is 16.0. The Morgan fingerprint density at radius 1 is 0.164 bits per heavy atom. The maximum absolute atomic E-state index is 2.57. The molecule has 0 aliphatic heterocycles. The molecule has 0 heterocycles. The van der Waals surface area contributed by atoms with Crippen molar-refractivity contribution in [2.75, 3.05) is 9.80 Å². The SMILES string of the molecule is CC1(C)c2ccccc2-c2ccc(N(c3ccccc3)c3ccc(C4(c5ccc6c(c5)C(c5ccccc5)(c5ccccc5)c5ccccc5-6)c5ccccc5-c5ccccc54)cc3)cc21.c1ccc(-c2ccc(N(c3ccc(-c4ccccc4)cc3)c3cccc4c3-c3ccccc3C43c4ccccc4-c4ccccc43)cc2)cc1. The van der Waals surface area contributed by atoms with Gasteiger partial charge in [-0.2, -0.15) is 0 Å². The van der Waals surface area contributed by atoms with Crippen molar-refractivity contribution in [3.05, 3.63) is 527 Å². The Balaban J connectivity index is 0.000000146. The standard InChI is InChI=1S/C65H47N.C49H33N/c1-63(2)57-30-16-12-26-51(57)55-41-39-50(43-61(55)63)66(48-24-10-5-11-25-48)49-37-34-46(35-38-49)65(59-32-18-13-27-52(59)53-28-14-19-33-60(53)65)47-36-40-56-54-29-15-17-31-58(54)64(62(56)42-47,44-20-6-3-7-21-44)45-22-8-4-9-23-45;1-3-14-34(15-4-1)36-26-30-38(31-27-36)50(39-32-28-37(29-33-39)35-16-5-2-6-17-35)47-25-13-24-46-48(47)42-20-9-12-23-45(42)49(46)43-21-10-7-18-40(43)41-19-8-11-22-44(41)49/h3-43H,1-2H3;1-33H. The van der Waals surface area contributed by atoms with Crippen molar-refractivity contribution in [1.29, 1.82) is 0 Å². The summed E-state index contributed by atoms with van der Waals surface area (Å²) in [7, 11) is 0. The highest BCUT2D eigenvalue weighted by atomic mass is 15.2. The van der Waals surface area contributed by atoms with Gasteiger partial charge in [-0.1, -0.05) is 396 Å². The van der Waals surface area contributed by atoms with Gasteiger partial charge in [-0.05, 0) is 217 Å². The van der Waals surface area contributed by atoms with Crippen molar-refractivity contribution in [3.63, 3.8) is 0 Å². The molecule has 0 aromatic heterocycles. The molecule has 0 unspecified atom stereocenters. The summed E-state index contributed by atoms with van der Waals surface area (Å²) in [6.07, 6.45) is 0. The van der Waals surface area contributed by atoms with Gasteiger partial charge in [0.2, 0.25) is 0 Å². The first-order valence-corrected chi connectivity index (χ1v) is 40.6. The van der Waals surface area contributed by atoms with Crippen LogP contribution in [0, 0.1) is 0 Å². The zero-order chi connectivity index (χ0) is 77.1. The highest BCUT2D eigenvalue weighted by Crippen LogP contribution is 2.66. The Bertz CT molecular complexity index is 6610. The van der Waals surface area contributed by atoms with E-state index in [4.69, 9.17) is 0 Å². The van der Waals surface area contributed by atoms with Crippen LogP contribution in [0.5, 0.6) is 0 Å². The van der Waals surface area contributed by atoms with Gasteiger partial charge in [-0.3, -0.25) is 0 Å². The van der Waals surface area contributed by atoms with Gasteiger partial charge in [-0.15, -0.1) is 0 Å². The number of para-hydroxylation sites is 1. The van der Waals surface area contributed by atoms with Crippen LogP contribution in [0.2, 0.25) is 0 Å². The Labute approximate surface area is 679 Å². The summed E-state index contributed by atoms with van der Waals surface area (Å²) >= 11 is 0. The minimum Gasteiger partial charge on any atom is -0.310 e. The first-order chi connectivity index (χ1) is 57.3. The molecule has 2 heteroatoms. The fourth-order valence-electron chi connectivity index (χ4n) is 21.0. The normalized spacial score (nSPS) is 14.1. The number of hydrogen-bond acceptors (Lipinski definition) is 2. The lowest BCUT2D eigenvalue weighted by atomic mass is 9.64. The molecular weight excluding hydrogens is 1400 g/mol. The van der Waals surface area contributed by atoms with E-state index in [0.717, 1.165) is 28.4 Å². The highest BCUT2D eigenvalue weighted by Gasteiger charge is 2.54. The van der Waals surface area contributed by atoms with Crippen LogP contribution in [0.25, 0.3) is 77.9 Å². The lowest BCUT2D eigenvalue weighted by Gasteiger charge is -2.37. The molecule has 0 saturated heterocycles. The van der Waals surface area contributed by atoms with Gasteiger partial charge in [0.1, 0.15) is 0 Å². The predicted octanol–water partition coefficient (Wildman–Crippen LogP) is 29.0. The predicted molar refractivity (Wildman–Crippen MR) is 482 cm³/mol. The zero-order valence-electron chi connectivity index (χ0n) is 64.6. The van der Waals surface area contributed by atoms with Crippen LogP contribution in [-0.2, 0) is 21.7 Å². The number of anilines is 6. The first-order valence-electron chi connectivity index (χ1n) is 40.6. The number of fused-ring (bicyclic) bond motifs is 19. The van der Waals surface area contributed by atoms with Gasteiger partial charge in [0.25, 0.3) is 0 Å². The summed E-state index contributed by atoms with van der Waals surface area (Å²) in [5.41, 5.74) is 41.5.